The minimum Gasteiger partial charge on any atom is -0.358 e. The lowest BCUT2D eigenvalue weighted by atomic mass is 9.87. The number of rotatable bonds is 6. The fraction of sp³-hybridized carbons (Fsp3) is 0.923. The molecular weight excluding hydrogens is 200 g/mol. The Kier molecular flexibility index (Phi) is 6.46. The number of carbonyl (C=O) groups excluding carboxylic acids is 1. The highest BCUT2D eigenvalue weighted by Gasteiger charge is 2.25. The normalized spacial score (nSPS) is 25.4. The van der Waals surface area contributed by atoms with E-state index in [2.05, 4.69) is 17.6 Å². The Morgan fingerprint density at radius 3 is 2.88 bits per heavy atom. The highest BCUT2D eigenvalue weighted by molar-refractivity contribution is 5.81. The van der Waals surface area contributed by atoms with Crippen molar-refractivity contribution in [3.63, 3.8) is 0 Å². The molecule has 16 heavy (non-hydrogen) atoms. The van der Waals surface area contributed by atoms with Gasteiger partial charge in [0.15, 0.2) is 0 Å². The molecule has 2 N–H and O–H groups in total. The first-order valence-electron chi connectivity index (χ1n) is 6.73. The number of hydrogen-bond donors (Lipinski definition) is 2. The van der Waals surface area contributed by atoms with E-state index >= 15 is 0 Å². The van der Waals surface area contributed by atoms with E-state index in [-0.39, 0.29) is 11.9 Å². The first-order chi connectivity index (χ1) is 7.77. The van der Waals surface area contributed by atoms with Crippen LogP contribution in [0.3, 0.4) is 0 Å². The van der Waals surface area contributed by atoms with Gasteiger partial charge < -0.3 is 10.6 Å². The zero-order valence-electron chi connectivity index (χ0n) is 10.7. The second-order valence-corrected chi connectivity index (χ2v) is 4.86. The van der Waals surface area contributed by atoms with E-state index in [1.165, 1.54) is 38.5 Å². The van der Waals surface area contributed by atoms with Gasteiger partial charge in [0.1, 0.15) is 0 Å². The van der Waals surface area contributed by atoms with Crippen molar-refractivity contribution in [2.45, 2.75) is 57.9 Å². The molecular formula is C13H26N2O. The molecule has 3 nitrogen and oxygen atoms in total. The molecule has 0 spiro atoms. The first-order valence-corrected chi connectivity index (χ1v) is 6.73. The predicted molar refractivity (Wildman–Crippen MR) is 67.3 cm³/mol. The maximum absolute atomic E-state index is 11.5. The molecule has 0 aliphatic carbocycles. The summed E-state index contributed by atoms with van der Waals surface area (Å²) in [5.41, 5.74) is 0. The Balaban J connectivity index is 2.20. The second-order valence-electron chi connectivity index (χ2n) is 4.86. The fourth-order valence-electron chi connectivity index (χ4n) is 2.49. The van der Waals surface area contributed by atoms with Crippen molar-refractivity contribution >= 4 is 5.91 Å². The molecule has 0 aromatic heterocycles. The molecule has 2 atom stereocenters. The Bertz CT molecular complexity index is 206. The van der Waals surface area contributed by atoms with Crippen LogP contribution in [0.4, 0.5) is 0 Å². The number of amides is 1. The van der Waals surface area contributed by atoms with Crippen molar-refractivity contribution in [3.05, 3.63) is 0 Å². The number of piperidine rings is 1. The summed E-state index contributed by atoms with van der Waals surface area (Å²) in [5.74, 6) is 0.902. The number of carbonyl (C=O) groups is 1. The van der Waals surface area contributed by atoms with E-state index < -0.39 is 0 Å². The van der Waals surface area contributed by atoms with Crippen LogP contribution in [-0.4, -0.2) is 25.5 Å². The van der Waals surface area contributed by atoms with Crippen molar-refractivity contribution in [1.29, 1.82) is 0 Å². The third-order valence-electron chi connectivity index (χ3n) is 3.54. The molecule has 2 unspecified atom stereocenters. The lowest BCUT2D eigenvalue weighted by Crippen LogP contribution is -2.47. The molecule has 0 aromatic carbocycles. The summed E-state index contributed by atoms with van der Waals surface area (Å²) in [6, 6.07) is 0.0509. The fourth-order valence-corrected chi connectivity index (χ4v) is 2.49. The van der Waals surface area contributed by atoms with E-state index in [0.717, 1.165) is 18.9 Å². The van der Waals surface area contributed by atoms with Gasteiger partial charge >= 0.3 is 0 Å². The molecule has 1 heterocycles. The van der Waals surface area contributed by atoms with Crippen molar-refractivity contribution < 1.29 is 4.79 Å². The average molecular weight is 226 g/mol. The smallest absolute Gasteiger partial charge is 0.236 e. The van der Waals surface area contributed by atoms with Gasteiger partial charge in [-0.25, -0.2) is 0 Å². The van der Waals surface area contributed by atoms with Crippen LogP contribution in [0.15, 0.2) is 0 Å². The number of likely N-dealkylation sites (N-methyl/N-ethyl adjacent to an activating group) is 1. The molecule has 3 heteroatoms. The van der Waals surface area contributed by atoms with E-state index in [1.54, 1.807) is 7.05 Å². The molecule has 0 saturated carbocycles. The summed E-state index contributed by atoms with van der Waals surface area (Å²) in [7, 11) is 1.72. The largest absolute Gasteiger partial charge is 0.358 e. The van der Waals surface area contributed by atoms with E-state index in [4.69, 9.17) is 0 Å². The minimum atomic E-state index is 0.0509. The lowest BCUT2D eigenvalue weighted by Gasteiger charge is -2.29. The van der Waals surface area contributed by atoms with Gasteiger partial charge in [0, 0.05) is 7.05 Å². The number of hydrogen-bond acceptors (Lipinski definition) is 2. The van der Waals surface area contributed by atoms with Crippen molar-refractivity contribution in [2.24, 2.45) is 5.92 Å². The summed E-state index contributed by atoms with van der Waals surface area (Å²) in [4.78, 5) is 11.5. The van der Waals surface area contributed by atoms with Crippen molar-refractivity contribution in [2.75, 3.05) is 13.6 Å². The van der Waals surface area contributed by atoms with Gasteiger partial charge in [-0.05, 0) is 25.3 Å². The summed E-state index contributed by atoms with van der Waals surface area (Å²) in [5, 5.41) is 6.02. The highest BCUT2D eigenvalue weighted by atomic mass is 16.2. The predicted octanol–water partition coefficient (Wildman–Crippen LogP) is 2.07. The summed E-state index contributed by atoms with van der Waals surface area (Å²) >= 11 is 0. The number of nitrogens with one attached hydrogen (secondary N) is 2. The molecule has 1 amide bonds. The van der Waals surface area contributed by atoms with Gasteiger partial charge in [-0.15, -0.1) is 0 Å². The van der Waals surface area contributed by atoms with Crippen molar-refractivity contribution in [3.8, 4) is 0 Å². The van der Waals surface area contributed by atoms with Gasteiger partial charge in [-0.3, -0.25) is 4.79 Å². The van der Waals surface area contributed by atoms with Crippen LogP contribution >= 0.6 is 0 Å². The van der Waals surface area contributed by atoms with Gasteiger partial charge in [0.25, 0.3) is 0 Å². The lowest BCUT2D eigenvalue weighted by molar-refractivity contribution is -0.123. The molecule has 1 aliphatic heterocycles. The zero-order chi connectivity index (χ0) is 11.8. The molecule has 94 valence electrons. The topological polar surface area (TPSA) is 41.1 Å². The average Bonchev–Trinajstić information content (AvgIpc) is 2.34. The quantitative estimate of drug-likeness (QED) is 0.681. The van der Waals surface area contributed by atoms with Gasteiger partial charge in [0.05, 0.1) is 6.04 Å². The molecule has 0 radical (unpaired) electrons. The maximum atomic E-state index is 11.5. The van der Waals surface area contributed by atoms with Crippen LogP contribution in [0, 0.1) is 5.92 Å². The van der Waals surface area contributed by atoms with Gasteiger partial charge in [-0.2, -0.15) is 0 Å². The Morgan fingerprint density at radius 2 is 2.19 bits per heavy atom. The van der Waals surface area contributed by atoms with Crippen LogP contribution in [0.5, 0.6) is 0 Å². The molecule has 1 saturated heterocycles. The third kappa shape index (κ3) is 4.52. The summed E-state index contributed by atoms with van der Waals surface area (Å²) in [6.07, 6.45) is 8.89. The van der Waals surface area contributed by atoms with Crippen LogP contribution < -0.4 is 10.6 Å². The number of unbranched alkanes of at least 4 members (excludes halogenated alkanes) is 3. The minimum absolute atomic E-state index is 0.0509. The standard InChI is InChI=1S/C13H26N2O/c1-3-4-5-6-7-11-8-9-15-12(10-11)13(16)14-2/h11-12,15H,3-10H2,1-2H3,(H,14,16). The third-order valence-corrected chi connectivity index (χ3v) is 3.54. The van der Waals surface area contributed by atoms with Gasteiger partial charge in [-0.1, -0.05) is 39.0 Å². The highest BCUT2D eigenvalue weighted by Crippen LogP contribution is 2.22. The Hall–Kier alpha value is -0.570. The molecule has 0 bridgehead atoms. The SMILES string of the molecule is CCCCCCC1CCNC(C(=O)NC)C1. The van der Waals surface area contributed by atoms with E-state index in [9.17, 15) is 4.79 Å². The molecule has 1 fully saturated rings. The van der Waals surface area contributed by atoms with E-state index in [1.807, 2.05) is 0 Å². The Morgan fingerprint density at radius 1 is 1.38 bits per heavy atom. The van der Waals surface area contributed by atoms with Crippen molar-refractivity contribution in [1.82, 2.24) is 10.6 Å². The van der Waals surface area contributed by atoms with E-state index in [0.29, 0.717) is 0 Å². The monoisotopic (exact) mass is 226 g/mol. The van der Waals surface area contributed by atoms with Crippen LogP contribution in [0.2, 0.25) is 0 Å². The molecule has 1 aliphatic rings. The maximum Gasteiger partial charge on any atom is 0.236 e. The van der Waals surface area contributed by atoms with Gasteiger partial charge in [0.2, 0.25) is 5.91 Å². The molecule has 0 aromatic rings. The van der Waals surface area contributed by atoms with Crippen LogP contribution in [0.25, 0.3) is 0 Å². The molecule has 1 rings (SSSR count). The second kappa shape index (κ2) is 7.66. The summed E-state index contributed by atoms with van der Waals surface area (Å²) in [6.45, 7) is 3.24. The Labute approximate surface area is 99.4 Å². The zero-order valence-corrected chi connectivity index (χ0v) is 10.7. The first kappa shape index (κ1) is 13.5. The van der Waals surface area contributed by atoms with Crippen LogP contribution in [-0.2, 0) is 4.79 Å². The summed E-state index contributed by atoms with van der Waals surface area (Å²) < 4.78 is 0. The van der Waals surface area contributed by atoms with Crippen LogP contribution in [0.1, 0.15) is 51.9 Å².